The van der Waals surface area contributed by atoms with Gasteiger partial charge < -0.3 is 5.73 Å². The molecule has 0 aromatic carbocycles. The molecule has 2 rings (SSSR count). The van der Waals surface area contributed by atoms with E-state index in [-0.39, 0.29) is 0 Å². The first kappa shape index (κ1) is 11.6. The van der Waals surface area contributed by atoms with Gasteiger partial charge in [0.1, 0.15) is 0 Å². The molecule has 16 heavy (non-hydrogen) atoms. The topological polar surface area (TPSA) is 47.1 Å². The van der Waals surface area contributed by atoms with Crippen molar-refractivity contribution in [3.63, 3.8) is 0 Å². The third-order valence-electron chi connectivity index (χ3n) is 3.43. The standard InChI is InChI=1S/C12H22N4/c1-10-11(9-15(2)14-10)12(5-6-13)16-7-3-4-8-16/h9,12H,3-8,13H2,1-2H3. The number of rotatable bonds is 4. The minimum absolute atomic E-state index is 0.473. The highest BCUT2D eigenvalue weighted by Gasteiger charge is 2.25. The fourth-order valence-electron chi connectivity index (χ4n) is 2.69. The highest BCUT2D eigenvalue weighted by atomic mass is 15.3. The summed E-state index contributed by atoms with van der Waals surface area (Å²) in [6, 6.07) is 0.473. The summed E-state index contributed by atoms with van der Waals surface area (Å²) >= 11 is 0. The fourth-order valence-corrected chi connectivity index (χ4v) is 2.69. The number of hydrogen-bond acceptors (Lipinski definition) is 3. The van der Waals surface area contributed by atoms with Gasteiger partial charge in [0, 0.05) is 24.8 Å². The van der Waals surface area contributed by atoms with Crippen LogP contribution in [-0.4, -0.2) is 34.3 Å². The molecule has 1 aliphatic rings. The zero-order valence-corrected chi connectivity index (χ0v) is 10.3. The summed E-state index contributed by atoms with van der Waals surface area (Å²) in [6.07, 6.45) is 5.82. The molecule has 0 aliphatic carbocycles. The van der Waals surface area contributed by atoms with Crippen LogP contribution in [0.5, 0.6) is 0 Å². The van der Waals surface area contributed by atoms with Crippen LogP contribution in [0.15, 0.2) is 6.20 Å². The van der Waals surface area contributed by atoms with Gasteiger partial charge in [0.05, 0.1) is 5.69 Å². The lowest BCUT2D eigenvalue weighted by molar-refractivity contribution is 0.235. The van der Waals surface area contributed by atoms with Crippen molar-refractivity contribution in [2.45, 2.75) is 32.2 Å². The van der Waals surface area contributed by atoms with Crippen molar-refractivity contribution >= 4 is 0 Å². The second-order valence-corrected chi connectivity index (χ2v) is 4.68. The van der Waals surface area contributed by atoms with E-state index < -0.39 is 0 Å². The monoisotopic (exact) mass is 222 g/mol. The van der Waals surface area contributed by atoms with E-state index in [9.17, 15) is 0 Å². The highest BCUT2D eigenvalue weighted by Crippen LogP contribution is 2.29. The fraction of sp³-hybridized carbons (Fsp3) is 0.750. The van der Waals surface area contributed by atoms with E-state index >= 15 is 0 Å². The minimum atomic E-state index is 0.473. The number of aromatic nitrogens is 2. The molecule has 4 nitrogen and oxygen atoms in total. The maximum atomic E-state index is 5.74. The van der Waals surface area contributed by atoms with E-state index in [4.69, 9.17) is 5.73 Å². The van der Waals surface area contributed by atoms with Gasteiger partial charge in [0.15, 0.2) is 0 Å². The molecule has 1 saturated heterocycles. The average molecular weight is 222 g/mol. The summed E-state index contributed by atoms with van der Waals surface area (Å²) < 4.78 is 1.91. The van der Waals surface area contributed by atoms with Gasteiger partial charge in [-0.1, -0.05) is 0 Å². The van der Waals surface area contributed by atoms with Crippen molar-refractivity contribution in [1.82, 2.24) is 14.7 Å². The molecule has 4 heteroatoms. The predicted octanol–water partition coefficient (Wildman–Crippen LogP) is 1.21. The molecule has 0 radical (unpaired) electrons. The SMILES string of the molecule is Cc1nn(C)cc1C(CCN)N1CCCC1. The molecule has 2 N–H and O–H groups in total. The number of nitrogens with two attached hydrogens (primary N) is 1. The first-order chi connectivity index (χ1) is 7.72. The third-order valence-corrected chi connectivity index (χ3v) is 3.43. The summed E-state index contributed by atoms with van der Waals surface area (Å²) in [7, 11) is 1.99. The van der Waals surface area contributed by atoms with Crippen molar-refractivity contribution in [2.24, 2.45) is 12.8 Å². The normalized spacial score (nSPS) is 19.2. The Hall–Kier alpha value is -0.870. The van der Waals surface area contributed by atoms with Gasteiger partial charge in [-0.3, -0.25) is 9.58 Å². The van der Waals surface area contributed by atoms with Gasteiger partial charge in [0.2, 0.25) is 0 Å². The first-order valence-electron chi connectivity index (χ1n) is 6.16. The Kier molecular flexibility index (Phi) is 3.61. The molecule has 1 aromatic rings. The van der Waals surface area contributed by atoms with Crippen LogP contribution in [0, 0.1) is 6.92 Å². The second kappa shape index (κ2) is 4.97. The van der Waals surface area contributed by atoms with E-state index in [2.05, 4.69) is 23.1 Å². The van der Waals surface area contributed by atoms with E-state index in [0.717, 1.165) is 18.7 Å². The van der Waals surface area contributed by atoms with Gasteiger partial charge in [-0.2, -0.15) is 5.10 Å². The summed E-state index contributed by atoms with van der Waals surface area (Å²) in [5.74, 6) is 0. The smallest absolute Gasteiger partial charge is 0.0641 e. The minimum Gasteiger partial charge on any atom is -0.330 e. The van der Waals surface area contributed by atoms with Crippen LogP contribution < -0.4 is 5.73 Å². The molecular weight excluding hydrogens is 200 g/mol. The largest absolute Gasteiger partial charge is 0.330 e. The van der Waals surface area contributed by atoms with Crippen molar-refractivity contribution in [3.05, 3.63) is 17.5 Å². The van der Waals surface area contributed by atoms with E-state index in [1.807, 2.05) is 11.7 Å². The molecule has 1 unspecified atom stereocenters. The Morgan fingerprint density at radius 2 is 2.12 bits per heavy atom. The number of hydrogen-bond donors (Lipinski definition) is 1. The van der Waals surface area contributed by atoms with Crippen LogP contribution in [0.2, 0.25) is 0 Å². The average Bonchev–Trinajstić information content (AvgIpc) is 2.85. The Balaban J connectivity index is 2.20. The lowest BCUT2D eigenvalue weighted by atomic mass is 10.0. The van der Waals surface area contributed by atoms with Gasteiger partial charge >= 0.3 is 0 Å². The van der Waals surface area contributed by atoms with Crippen LogP contribution in [0.3, 0.4) is 0 Å². The summed E-state index contributed by atoms with van der Waals surface area (Å²) in [5, 5.41) is 4.43. The molecule has 0 bridgehead atoms. The predicted molar refractivity (Wildman–Crippen MR) is 65.2 cm³/mol. The molecule has 0 amide bonds. The molecule has 1 fully saturated rings. The van der Waals surface area contributed by atoms with Crippen LogP contribution in [-0.2, 0) is 7.05 Å². The van der Waals surface area contributed by atoms with E-state index in [0.29, 0.717) is 6.04 Å². The Bertz CT molecular complexity index is 339. The summed E-state index contributed by atoms with van der Waals surface area (Å²) in [6.45, 7) is 5.25. The molecule has 2 heterocycles. The lowest BCUT2D eigenvalue weighted by Crippen LogP contribution is -2.27. The number of nitrogens with zero attached hydrogens (tertiary/aromatic N) is 3. The molecule has 1 aromatic heterocycles. The summed E-state index contributed by atoms with van der Waals surface area (Å²) in [5.41, 5.74) is 8.24. The third kappa shape index (κ3) is 2.28. The van der Waals surface area contributed by atoms with Gasteiger partial charge in [-0.05, 0) is 45.8 Å². The molecule has 0 saturated carbocycles. The quantitative estimate of drug-likeness (QED) is 0.833. The van der Waals surface area contributed by atoms with Gasteiger partial charge in [0.25, 0.3) is 0 Å². The molecule has 0 spiro atoms. The van der Waals surface area contributed by atoms with Crippen molar-refractivity contribution < 1.29 is 0 Å². The van der Waals surface area contributed by atoms with E-state index in [1.165, 1.54) is 31.5 Å². The van der Waals surface area contributed by atoms with Crippen LogP contribution in [0.1, 0.15) is 36.6 Å². The first-order valence-corrected chi connectivity index (χ1v) is 6.16. The molecule has 90 valence electrons. The van der Waals surface area contributed by atoms with Crippen LogP contribution in [0.4, 0.5) is 0 Å². The van der Waals surface area contributed by atoms with Gasteiger partial charge in [-0.15, -0.1) is 0 Å². The summed E-state index contributed by atoms with van der Waals surface area (Å²) in [4.78, 5) is 2.55. The maximum Gasteiger partial charge on any atom is 0.0641 e. The molecule has 1 aliphatic heterocycles. The van der Waals surface area contributed by atoms with Crippen molar-refractivity contribution in [2.75, 3.05) is 19.6 Å². The number of aryl methyl sites for hydroxylation is 2. The molecule has 1 atom stereocenters. The van der Waals surface area contributed by atoms with Crippen LogP contribution >= 0.6 is 0 Å². The zero-order chi connectivity index (χ0) is 11.5. The van der Waals surface area contributed by atoms with E-state index in [1.54, 1.807) is 0 Å². The van der Waals surface area contributed by atoms with Crippen LogP contribution in [0.25, 0.3) is 0 Å². The Morgan fingerprint density at radius 1 is 1.44 bits per heavy atom. The lowest BCUT2D eigenvalue weighted by Gasteiger charge is -2.26. The van der Waals surface area contributed by atoms with Crippen molar-refractivity contribution in [3.8, 4) is 0 Å². The zero-order valence-electron chi connectivity index (χ0n) is 10.3. The number of likely N-dealkylation sites (tertiary alicyclic amines) is 1. The Labute approximate surface area is 97.4 Å². The van der Waals surface area contributed by atoms with Crippen molar-refractivity contribution in [1.29, 1.82) is 0 Å². The molecular formula is C12H22N4. The highest BCUT2D eigenvalue weighted by molar-refractivity contribution is 5.20. The van der Waals surface area contributed by atoms with Gasteiger partial charge in [-0.25, -0.2) is 0 Å². The Morgan fingerprint density at radius 3 is 2.62 bits per heavy atom. The maximum absolute atomic E-state index is 5.74. The second-order valence-electron chi connectivity index (χ2n) is 4.68.